The maximum Gasteiger partial charge on any atom is 0.303 e. The Kier molecular flexibility index (Phi) is 3.59. The van der Waals surface area contributed by atoms with Gasteiger partial charge in [-0.1, -0.05) is 12.1 Å². The molecular weight excluding hydrogens is 244 g/mol. The van der Waals surface area contributed by atoms with E-state index in [0.29, 0.717) is 12.4 Å². The average Bonchev–Trinajstić information content (AvgIpc) is 2.36. The molecule has 0 spiro atoms. The van der Waals surface area contributed by atoms with Gasteiger partial charge in [-0.15, -0.1) is 10.2 Å². The summed E-state index contributed by atoms with van der Waals surface area (Å²) in [5, 5.41) is 19.9. The summed E-state index contributed by atoms with van der Waals surface area (Å²) in [6, 6.07) is 7.47. The number of aromatic nitrogens is 3. The molecule has 0 saturated carbocycles. The van der Waals surface area contributed by atoms with E-state index in [1.54, 1.807) is 0 Å². The number of hydrogen-bond acceptors (Lipinski definition) is 5. The molecule has 0 radical (unpaired) electrons. The molecule has 100 valence electrons. The van der Waals surface area contributed by atoms with Gasteiger partial charge in [-0.2, -0.15) is 0 Å². The Morgan fingerprint density at radius 3 is 2.63 bits per heavy atom. The Morgan fingerprint density at radius 2 is 1.95 bits per heavy atom. The summed E-state index contributed by atoms with van der Waals surface area (Å²) in [6.07, 6.45) is 0.583. The smallest absolute Gasteiger partial charge is 0.303 e. The van der Waals surface area contributed by atoms with E-state index in [4.69, 9.17) is 5.11 Å². The number of carboxylic acid groups (broad SMARTS) is 1. The Hall–Kier alpha value is -2.24. The molecule has 1 aromatic carbocycles. The molecule has 1 aromatic heterocycles. The zero-order valence-electron chi connectivity index (χ0n) is 10.9. The van der Waals surface area contributed by atoms with Gasteiger partial charge < -0.3 is 10.4 Å². The molecule has 0 atom stereocenters. The number of rotatable bonds is 5. The van der Waals surface area contributed by atoms with Crippen LogP contribution in [0.5, 0.6) is 0 Å². The summed E-state index contributed by atoms with van der Waals surface area (Å²) in [5.74, 6) is -0.401. The van der Waals surface area contributed by atoms with Gasteiger partial charge in [-0.05, 0) is 32.4 Å². The lowest BCUT2D eigenvalue weighted by Gasteiger charge is -2.25. The Balaban J connectivity index is 2.13. The van der Waals surface area contributed by atoms with E-state index in [0.717, 1.165) is 11.0 Å². The van der Waals surface area contributed by atoms with Crippen LogP contribution < -0.4 is 5.32 Å². The highest BCUT2D eigenvalue weighted by Crippen LogP contribution is 2.17. The van der Waals surface area contributed by atoms with Crippen LogP contribution in [0, 0.1) is 0 Å². The van der Waals surface area contributed by atoms with Gasteiger partial charge >= 0.3 is 5.97 Å². The van der Waals surface area contributed by atoms with Crippen molar-refractivity contribution in [3.8, 4) is 0 Å². The summed E-state index contributed by atoms with van der Waals surface area (Å²) < 4.78 is 0. The standard InChI is InChI=1S/C13H16N4O2/c1-13(2,8-7-11(18)19)15-12-14-9-5-3-4-6-10(9)16-17-12/h3-6H,7-8H2,1-2H3,(H,18,19)(H,14,15,17). The molecule has 0 amide bonds. The topological polar surface area (TPSA) is 88.0 Å². The van der Waals surface area contributed by atoms with Gasteiger partial charge in [0.1, 0.15) is 5.52 Å². The Bertz CT molecular complexity index is 598. The molecule has 1 heterocycles. The van der Waals surface area contributed by atoms with Crippen LogP contribution in [0.4, 0.5) is 5.95 Å². The van der Waals surface area contributed by atoms with Crippen LogP contribution in [0.3, 0.4) is 0 Å². The van der Waals surface area contributed by atoms with E-state index in [1.165, 1.54) is 0 Å². The first kappa shape index (κ1) is 13.2. The second-order valence-electron chi connectivity index (χ2n) is 5.03. The van der Waals surface area contributed by atoms with E-state index < -0.39 is 11.5 Å². The lowest BCUT2D eigenvalue weighted by Crippen LogP contribution is -2.32. The van der Waals surface area contributed by atoms with E-state index in [9.17, 15) is 4.79 Å². The fraction of sp³-hybridized carbons (Fsp3) is 0.385. The summed E-state index contributed by atoms with van der Waals surface area (Å²) in [4.78, 5) is 15.0. The van der Waals surface area contributed by atoms with E-state index in [2.05, 4.69) is 20.5 Å². The number of aliphatic carboxylic acids is 1. The van der Waals surface area contributed by atoms with Gasteiger partial charge in [-0.3, -0.25) is 4.79 Å². The number of nitrogens with zero attached hydrogens (tertiary/aromatic N) is 3. The first-order chi connectivity index (χ1) is 8.96. The molecule has 2 aromatic rings. The quantitative estimate of drug-likeness (QED) is 0.855. The number of benzene rings is 1. The number of para-hydroxylation sites is 1. The second-order valence-corrected chi connectivity index (χ2v) is 5.03. The summed E-state index contributed by atoms with van der Waals surface area (Å²) in [6.45, 7) is 3.82. The van der Waals surface area contributed by atoms with Crippen LogP contribution in [0.2, 0.25) is 0 Å². The SMILES string of the molecule is CC(C)(CCC(=O)O)Nc1nnc2ccccc2n1. The molecule has 2 N–H and O–H groups in total. The molecule has 0 unspecified atom stereocenters. The lowest BCUT2D eigenvalue weighted by atomic mass is 9.99. The van der Waals surface area contributed by atoms with Gasteiger partial charge in [0, 0.05) is 12.0 Å². The molecule has 0 aliphatic rings. The van der Waals surface area contributed by atoms with Crippen LogP contribution in [-0.2, 0) is 4.79 Å². The third kappa shape index (κ3) is 3.61. The molecule has 6 heteroatoms. The monoisotopic (exact) mass is 260 g/mol. The van der Waals surface area contributed by atoms with Gasteiger partial charge in [0.05, 0.1) is 5.52 Å². The summed E-state index contributed by atoms with van der Waals surface area (Å²) in [7, 11) is 0. The van der Waals surface area contributed by atoms with Crippen LogP contribution in [0.25, 0.3) is 11.0 Å². The molecule has 19 heavy (non-hydrogen) atoms. The highest BCUT2D eigenvalue weighted by Gasteiger charge is 2.20. The van der Waals surface area contributed by atoms with Gasteiger partial charge in [0.2, 0.25) is 5.95 Å². The second kappa shape index (κ2) is 5.17. The fourth-order valence-corrected chi connectivity index (χ4v) is 1.72. The third-order valence-corrected chi connectivity index (χ3v) is 2.77. The molecule has 2 rings (SSSR count). The van der Waals surface area contributed by atoms with E-state index in [-0.39, 0.29) is 6.42 Å². The number of fused-ring (bicyclic) bond motifs is 1. The largest absolute Gasteiger partial charge is 0.481 e. The van der Waals surface area contributed by atoms with Gasteiger partial charge in [-0.25, -0.2) is 4.98 Å². The maximum atomic E-state index is 10.6. The molecule has 0 fully saturated rings. The highest BCUT2D eigenvalue weighted by molar-refractivity contribution is 5.74. The average molecular weight is 260 g/mol. The fourth-order valence-electron chi connectivity index (χ4n) is 1.72. The van der Waals surface area contributed by atoms with Crippen molar-refractivity contribution in [3.63, 3.8) is 0 Å². The first-order valence-corrected chi connectivity index (χ1v) is 6.06. The van der Waals surface area contributed by atoms with E-state index >= 15 is 0 Å². The molecule has 0 saturated heterocycles. The molecule has 6 nitrogen and oxygen atoms in total. The summed E-state index contributed by atoms with van der Waals surface area (Å²) in [5.41, 5.74) is 1.09. The first-order valence-electron chi connectivity index (χ1n) is 6.06. The minimum atomic E-state index is -0.813. The predicted octanol–water partition coefficient (Wildman–Crippen LogP) is 2.08. The zero-order chi connectivity index (χ0) is 13.9. The van der Waals surface area contributed by atoms with Crippen molar-refractivity contribution in [1.29, 1.82) is 0 Å². The zero-order valence-corrected chi connectivity index (χ0v) is 10.9. The van der Waals surface area contributed by atoms with Crippen molar-refractivity contribution in [2.75, 3.05) is 5.32 Å². The number of hydrogen-bond donors (Lipinski definition) is 2. The van der Waals surface area contributed by atoms with Crippen molar-refractivity contribution in [2.45, 2.75) is 32.2 Å². The summed E-state index contributed by atoms with van der Waals surface area (Å²) >= 11 is 0. The lowest BCUT2D eigenvalue weighted by molar-refractivity contribution is -0.137. The van der Waals surface area contributed by atoms with Gasteiger partial charge in [0.25, 0.3) is 0 Å². The highest BCUT2D eigenvalue weighted by atomic mass is 16.4. The van der Waals surface area contributed by atoms with Crippen LogP contribution >= 0.6 is 0 Å². The Labute approximate surface area is 110 Å². The normalized spacial score (nSPS) is 11.5. The minimum Gasteiger partial charge on any atom is -0.481 e. The van der Waals surface area contributed by atoms with Crippen LogP contribution in [0.15, 0.2) is 24.3 Å². The number of carboxylic acids is 1. The predicted molar refractivity (Wildman–Crippen MR) is 71.9 cm³/mol. The number of nitrogens with one attached hydrogen (secondary N) is 1. The maximum absolute atomic E-state index is 10.6. The van der Waals surface area contributed by atoms with Gasteiger partial charge in [0.15, 0.2) is 0 Å². The minimum absolute atomic E-state index is 0.0982. The number of carbonyl (C=O) groups is 1. The molecule has 0 bridgehead atoms. The van der Waals surface area contributed by atoms with E-state index in [1.807, 2.05) is 38.1 Å². The van der Waals surface area contributed by atoms with Crippen molar-refractivity contribution in [3.05, 3.63) is 24.3 Å². The van der Waals surface area contributed by atoms with Crippen molar-refractivity contribution < 1.29 is 9.90 Å². The third-order valence-electron chi connectivity index (χ3n) is 2.77. The van der Waals surface area contributed by atoms with Crippen molar-refractivity contribution in [1.82, 2.24) is 15.2 Å². The van der Waals surface area contributed by atoms with Crippen LogP contribution in [-0.4, -0.2) is 31.8 Å². The molecule has 0 aliphatic carbocycles. The van der Waals surface area contributed by atoms with Crippen molar-refractivity contribution >= 4 is 23.0 Å². The number of anilines is 1. The Morgan fingerprint density at radius 1 is 1.26 bits per heavy atom. The molecule has 0 aliphatic heterocycles. The van der Waals surface area contributed by atoms with Crippen LogP contribution in [0.1, 0.15) is 26.7 Å². The molecular formula is C13H16N4O2. The van der Waals surface area contributed by atoms with Crippen molar-refractivity contribution in [2.24, 2.45) is 0 Å².